The predicted octanol–water partition coefficient (Wildman–Crippen LogP) is 3.52. The number of carbonyl (C=O) groups excluding carboxylic acids is 2. The van der Waals surface area contributed by atoms with Crippen LogP contribution in [0.4, 0.5) is 13.9 Å². The monoisotopic (exact) mass is 434 g/mol. The molecule has 0 aliphatic carbocycles. The summed E-state index contributed by atoms with van der Waals surface area (Å²) < 4.78 is 27.7. The molecule has 0 unspecified atom stereocenters. The summed E-state index contributed by atoms with van der Waals surface area (Å²) >= 11 is 2.17. The molecule has 2 aromatic carbocycles. The number of hydrogen-bond donors (Lipinski definition) is 2. The summed E-state index contributed by atoms with van der Waals surface area (Å²) in [6.07, 6.45) is 0.735. The van der Waals surface area contributed by atoms with Gasteiger partial charge in [-0.3, -0.25) is 14.9 Å². The van der Waals surface area contributed by atoms with Crippen LogP contribution in [0.3, 0.4) is 0 Å². The number of nitrogens with zero attached hydrogens (tertiary/aromatic N) is 2. The molecule has 0 spiro atoms. The number of nitrogens with one attached hydrogen (secondary N) is 2. The molecule has 0 aliphatic rings. The lowest BCUT2D eigenvalue weighted by atomic mass is 10.1. The molecule has 2 amide bonds. The second kappa shape index (κ2) is 10.1. The van der Waals surface area contributed by atoms with Crippen LogP contribution < -0.4 is 10.6 Å². The topological polar surface area (TPSA) is 84.0 Å². The summed E-state index contributed by atoms with van der Waals surface area (Å²) in [5, 5.41) is 12.8. The van der Waals surface area contributed by atoms with Crippen molar-refractivity contribution in [3.05, 3.63) is 71.3 Å². The zero-order chi connectivity index (χ0) is 20.6. The molecule has 1 heterocycles. The summed E-state index contributed by atoms with van der Waals surface area (Å²) in [5.41, 5.74) is 0.450. The van der Waals surface area contributed by atoms with Crippen molar-refractivity contribution in [2.75, 3.05) is 17.6 Å². The van der Waals surface area contributed by atoms with Gasteiger partial charge in [0.2, 0.25) is 11.0 Å². The molecule has 0 bridgehead atoms. The first kappa shape index (κ1) is 20.9. The first-order valence-electron chi connectivity index (χ1n) is 8.55. The lowest BCUT2D eigenvalue weighted by Gasteiger charge is -2.04. The van der Waals surface area contributed by atoms with E-state index in [9.17, 15) is 18.4 Å². The van der Waals surface area contributed by atoms with Crippen molar-refractivity contribution in [1.82, 2.24) is 15.5 Å². The van der Waals surface area contributed by atoms with Crippen LogP contribution in [0.15, 0.2) is 52.9 Å². The van der Waals surface area contributed by atoms with Gasteiger partial charge in [-0.2, -0.15) is 0 Å². The number of benzene rings is 2. The Morgan fingerprint density at radius 3 is 2.45 bits per heavy atom. The molecule has 1 aromatic heterocycles. The van der Waals surface area contributed by atoms with Gasteiger partial charge in [0.1, 0.15) is 17.2 Å². The predicted molar refractivity (Wildman–Crippen MR) is 108 cm³/mol. The highest BCUT2D eigenvalue weighted by molar-refractivity contribution is 8.01. The molecule has 0 saturated carbocycles. The zero-order valence-electron chi connectivity index (χ0n) is 15.0. The molecular formula is C19H16F2N4O2S2. The molecule has 6 nitrogen and oxygen atoms in total. The Kier molecular flexibility index (Phi) is 7.25. The van der Waals surface area contributed by atoms with Gasteiger partial charge >= 0.3 is 0 Å². The molecule has 3 aromatic rings. The molecule has 0 fully saturated rings. The SMILES string of the molecule is O=C(CSc1nnc(NC(=O)c2c(F)cccc2F)s1)NCCc1ccccc1. The average molecular weight is 434 g/mol. The Balaban J connectivity index is 1.45. The quantitative estimate of drug-likeness (QED) is 0.419. The van der Waals surface area contributed by atoms with Crippen molar-refractivity contribution in [3.8, 4) is 0 Å². The van der Waals surface area contributed by atoms with Crippen molar-refractivity contribution in [1.29, 1.82) is 0 Å². The number of aromatic nitrogens is 2. The standard InChI is InChI=1S/C19H16F2N4O2S2/c20-13-7-4-8-14(21)16(13)17(27)23-18-24-25-19(29-18)28-11-15(26)22-10-9-12-5-2-1-3-6-12/h1-8H,9-11H2,(H,22,26)(H,23,24,27). The molecule has 0 saturated heterocycles. The maximum absolute atomic E-state index is 13.6. The van der Waals surface area contributed by atoms with Crippen molar-refractivity contribution in [3.63, 3.8) is 0 Å². The van der Waals surface area contributed by atoms with Gasteiger partial charge in [-0.1, -0.05) is 59.5 Å². The highest BCUT2D eigenvalue weighted by Gasteiger charge is 2.19. The van der Waals surface area contributed by atoms with Crippen LogP contribution in [0.2, 0.25) is 0 Å². The molecule has 3 rings (SSSR count). The number of thioether (sulfide) groups is 1. The molecule has 10 heteroatoms. The van der Waals surface area contributed by atoms with Gasteiger partial charge in [-0.05, 0) is 24.1 Å². The lowest BCUT2D eigenvalue weighted by Crippen LogP contribution is -2.27. The van der Waals surface area contributed by atoms with Crippen LogP contribution in [-0.4, -0.2) is 34.3 Å². The molecule has 29 heavy (non-hydrogen) atoms. The normalized spacial score (nSPS) is 10.6. The summed E-state index contributed by atoms with van der Waals surface area (Å²) in [4.78, 5) is 24.0. The number of rotatable bonds is 8. The summed E-state index contributed by atoms with van der Waals surface area (Å²) in [6.45, 7) is 0.523. The Morgan fingerprint density at radius 1 is 1.00 bits per heavy atom. The molecule has 2 N–H and O–H groups in total. The van der Waals surface area contributed by atoms with E-state index in [4.69, 9.17) is 0 Å². The highest BCUT2D eigenvalue weighted by atomic mass is 32.2. The van der Waals surface area contributed by atoms with Crippen LogP contribution in [0.5, 0.6) is 0 Å². The number of carbonyl (C=O) groups is 2. The van der Waals surface area contributed by atoms with E-state index in [-0.39, 0.29) is 16.8 Å². The van der Waals surface area contributed by atoms with E-state index in [1.807, 2.05) is 30.3 Å². The highest BCUT2D eigenvalue weighted by Crippen LogP contribution is 2.26. The van der Waals surface area contributed by atoms with Crippen molar-refractivity contribution in [2.24, 2.45) is 0 Å². The molecular weight excluding hydrogens is 418 g/mol. The van der Waals surface area contributed by atoms with Gasteiger partial charge in [0, 0.05) is 6.54 Å². The largest absolute Gasteiger partial charge is 0.355 e. The van der Waals surface area contributed by atoms with E-state index in [1.54, 1.807) is 0 Å². The third-order valence-corrected chi connectivity index (χ3v) is 5.69. The van der Waals surface area contributed by atoms with Gasteiger partial charge in [-0.25, -0.2) is 8.78 Å². The van der Waals surface area contributed by atoms with Crippen LogP contribution in [-0.2, 0) is 11.2 Å². The van der Waals surface area contributed by atoms with Crippen LogP contribution >= 0.6 is 23.1 Å². The van der Waals surface area contributed by atoms with Gasteiger partial charge in [-0.15, -0.1) is 10.2 Å². The summed E-state index contributed by atoms with van der Waals surface area (Å²) in [6, 6.07) is 13.0. The minimum atomic E-state index is -0.964. The first-order valence-corrected chi connectivity index (χ1v) is 10.4. The van der Waals surface area contributed by atoms with Gasteiger partial charge in [0.15, 0.2) is 4.34 Å². The summed E-state index contributed by atoms with van der Waals surface area (Å²) in [5.74, 6) is -2.89. The van der Waals surface area contributed by atoms with Crippen molar-refractivity contribution in [2.45, 2.75) is 10.8 Å². The number of amides is 2. The fourth-order valence-corrected chi connectivity index (χ4v) is 3.94. The van der Waals surface area contributed by atoms with Gasteiger partial charge in [0.05, 0.1) is 5.75 Å². The number of halogens is 2. The average Bonchev–Trinajstić information content (AvgIpc) is 3.14. The third kappa shape index (κ3) is 6.06. The summed E-state index contributed by atoms with van der Waals surface area (Å²) in [7, 11) is 0. The Morgan fingerprint density at radius 2 is 1.72 bits per heavy atom. The molecule has 0 atom stereocenters. The third-order valence-electron chi connectivity index (χ3n) is 3.72. The number of hydrogen-bond acceptors (Lipinski definition) is 6. The van der Waals surface area contributed by atoms with E-state index >= 15 is 0 Å². The van der Waals surface area contributed by atoms with E-state index in [0.29, 0.717) is 10.9 Å². The molecule has 150 valence electrons. The fourth-order valence-electron chi connectivity index (χ4n) is 2.36. The van der Waals surface area contributed by atoms with E-state index in [2.05, 4.69) is 20.8 Å². The maximum Gasteiger partial charge on any atom is 0.263 e. The van der Waals surface area contributed by atoms with Gasteiger partial charge in [0.25, 0.3) is 5.91 Å². The lowest BCUT2D eigenvalue weighted by molar-refractivity contribution is -0.118. The fraction of sp³-hybridized carbons (Fsp3) is 0.158. The molecule has 0 radical (unpaired) electrons. The maximum atomic E-state index is 13.6. The Hall–Kier alpha value is -2.85. The van der Waals surface area contributed by atoms with Crippen LogP contribution in [0, 0.1) is 11.6 Å². The van der Waals surface area contributed by atoms with Gasteiger partial charge < -0.3 is 5.32 Å². The van der Waals surface area contributed by atoms with Crippen molar-refractivity contribution >= 4 is 40.0 Å². The van der Waals surface area contributed by atoms with E-state index in [1.165, 1.54) is 6.07 Å². The smallest absolute Gasteiger partial charge is 0.263 e. The zero-order valence-corrected chi connectivity index (χ0v) is 16.7. The second-order valence-electron chi connectivity index (χ2n) is 5.80. The first-order chi connectivity index (χ1) is 14.0. The van der Waals surface area contributed by atoms with E-state index in [0.717, 1.165) is 47.2 Å². The minimum Gasteiger partial charge on any atom is -0.355 e. The van der Waals surface area contributed by atoms with Crippen LogP contribution in [0.1, 0.15) is 15.9 Å². The van der Waals surface area contributed by atoms with E-state index < -0.39 is 23.1 Å². The Bertz CT molecular complexity index is 979. The van der Waals surface area contributed by atoms with Crippen LogP contribution in [0.25, 0.3) is 0 Å². The molecule has 0 aliphatic heterocycles. The van der Waals surface area contributed by atoms with Crippen molar-refractivity contribution < 1.29 is 18.4 Å². The number of anilines is 1. The second-order valence-corrected chi connectivity index (χ2v) is 8.00. The Labute approximate surface area is 173 Å². The minimum absolute atomic E-state index is 0.0876.